The van der Waals surface area contributed by atoms with Crippen LogP contribution in [0.2, 0.25) is 0 Å². The number of hydrogen-bond acceptors (Lipinski definition) is 2. The standard InChI is InChI=1S/C12H14N2O2/c1-4-12(16)13-10-5-7-11(8-6-10)14(3)9(2)15/h4-8H,1H2,2-3H3,(H,13,16). The van der Waals surface area contributed by atoms with Crippen molar-refractivity contribution >= 4 is 23.2 Å². The van der Waals surface area contributed by atoms with Crippen LogP contribution in [-0.2, 0) is 9.59 Å². The molecule has 0 spiro atoms. The fraction of sp³-hybridized carbons (Fsp3) is 0.167. The van der Waals surface area contributed by atoms with Crippen molar-refractivity contribution in [1.29, 1.82) is 0 Å². The van der Waals surface area contributed by atoms with Crippen LogP contribution in [0.1, 0.15) is 6.92 Å². The second-order valence-electron chi connectivity index (χ2n) is 3.32. The van der Waals surface area contributed by atoms with E-state index in [2.05, 4.69) is 11.9 Å². The molecule has 84 valence electrons. The van der Waals surface area contributed by atoms with Gasteiger partial charge in [-0.15, -0.1) is 0 Å². The van der Waals surface area contributed by atoms with Crippen molar-refractivity contribution in [3.8, 4) is 0 Å². The van der Waals surface area contributed by atoms with Crippen molar-refractivity contribution in [2.75, 3.05) is 17.3 Å². The minimum Gasteiger partial charge on any atom is -0.323 e. The largest absolute Gasteiger partial charge is 0.323 e. The average Bonchev–Trinajstić information content (AvgIpc) is 2.28. The molecule has 0 fully saturated rings. The van der Waals surface area contributed by atoms with Crippen molar-refractivity contribution in [2.45, 2.75) is 6.92 Å². The molecule has 0 bridgehead atoms. The summed E-state index contributed by atoms with van der Waals surface area (Å²) < 4.78 is 0. The maximum atomic E-state index is 11.1. The maximum absolute atomic E-state index is 11.1. The summed E-state index contributed by atoms with van der Waals surface area (Å²) in [6.07, 6.45) is 1.20. The topological polar surface area (TPSA) is 49.4 Å². The monoisotopic (exact) mass is 218 g/mol. The highest BCUT2D eigenvalue weighted by Crippen LogP contribution is 2.16. The normalized spacial score (nSPS) is 9.38. The third-order valence-electron chi connectivity index (χ3n) is 2.18. The van der Waals surface area contributed by atoms with Crippen LogP contribution in [-0.4, -0.2) is 18.9 Å². The molecule has 0 aliphatic heterocycles. The molecule has 0 heterocycles. The third kappa shape index (κ3) is 2.95. The molecule has 1 aromatic rings. The van der Waals surface area contributed by atoms with E-state index in [1.54, 1.807) is 31.3 Å². The van der Waals surface area contributed by atoms with E-state index in [-0.39, 0.29) is 11.8 Å². The van der Waals surface area contributed by atoms with Gasteiger partial charge < -0.3 is 10.2 Å². The van der Waals surface area contributed by atoms with Crippen molar-refractivity contribution in [2.24, 2.45) is 0 Å². The molecular formula is C12H14N2O2. The molecule has 0 aliphatic rings. The zero-order chi connectivity index (χ0) is 12.1. The van der Waals surface area contributed by atoms with Crippen LogP contribution in [0.25, 0.3) is 0 Å². The van der Waals surface area contributed by atoms with Crippen molar-refractivity contribution in [3.63, 3.8) is 0 Å². The highest BCUT2D eigenvalue weighted by Gasteiger charge is 2.05. The number of amides is 2. The Kier molecular flexibility index (Phi) is 3.83. The Morgan fingerprint density at radius 3 is 2.31 bits per heavy atom. The van der Waals surface area contributed by atoms with Gasteiger partial charge in [0, 0.05) is 25.3 Å². The molecule has 0 atom stereocenters. The molecule has 0 aliphatic carbocycles. The summed E-state index contributed by atoms with van der Waals surface area (Å²) in [4.78, 5) is 23.6. The fourth-order valence-corrected chi connectivity index (χ4v) is 1.14. The summed E-state index contributed by atoms with van der Waals surface area (Å²) in [5.74, 6) is -0.296. The lowest BCUT2D eigenvalue weighted by molar-refractivity contribution is -0.116. The van der Waals surface area contributed by atoms with Gasteiger partial charge in [0.05, 0.1) is 0 Å². The lowest BCUT2D eigenvalue weighted by atomic mass is 10.2. The van der Waals surface area contributed by atoms with E-state index in [9.17, 15) is 9.59 Å². The minimum absolute atomic E-state index is 0.0390. The van der Waals surface area contributed by atoms with Gasteiger partial charge in [-0.25, -0.2) is 0 Å². The number of nitrogens with zero attached hydrogens (tertiary/aromatic N) is 1. The first-order valence-electron chi connectivity index (χ1n) is 4.82. The third-order valence-corrected chi connectivity index (χ3v) is 2.18. The number of anilines is 2. The fourth-order valence-electron chi connectivity index (χ4n) is 1.14. The zero-order valence-corrected chi connectivity index (χ0v) is 9.36. The predicted molar refractivity (Wildman–Crippen MR) is 64.4 cm³/mol. The van der Waals surface area contributed by atoms with Gasteiger partial charge in [-0.1, -0.05) is 6.58 Å². The smallest absolute Gasteiger partial charge is 0.247 e. The summed E-state index contributed by atoms with van der Waals surface area (Å²) in [7, 11) is 1.69. The van der Waals surface area contributed by atoms with Gasteiger partial charge in [0.25, 0.3) is 0 Å². The van der Waals surface area contributed by atoms with E-state index >= 15 is 0 Å². The number of nitrogens with one attached hydrogen (secondary N) is 1. The van der Waals surface area contributed by atoms with Crippen molar-refractivity contribution < 1.29 is 9.59 Å². The molecule has 0 radical (unpaired) electrons. The molecule has 16 heavy (non-hydrogen) atoms. The molecule has 1 N–H and O–H groups in total. The van der Waals surface area contributed by atoms with Crippen LogP contribution in [0.15, 0.2) is 36.9 Å². The Hall–Kier alpha value is -2.10. The Balaban J connectivity index is 2.79. The van der Waals surface area contributed by atoms with E-state index in [1.165, 1.54) is 17.9 Å². The first kappa shape index (κ1) is 12.0. The number of rotatable bonds is 3. The average molecular weight is 218 g/mol. The molecule has 1 aromatic carbocycles. The summed E-state index contributed by atoms with van der Waals surface area (Å²) >= 11 is 0. The second-order valence-corrected chi connectivity index (χ2v) is 3.32. The molecule has 4 nitrogen and oxygen atoms in total. The molecule has 0 aromatic heterocycles. The summed E-state index contributed by atoms with van der Waals surface area (Å²) in [6.45, 7) is 4.85. The molecular weight excluding hydrogens is 204 g/mol. The molecule has 0 saturated heterocycles. The van der Waals surface area contributed by atoms with Crippen LogP contribution in [0, 0.1) is 0 Å². The highest BCUT2D eigenvalue weighted by atomic mass is 16.2. The predicted octanol–water partition coefficient (Wildman–Crippen LogP) is 1.79. The molecule has 2 amide bonds. The molecule has 1 rings (SSSR count). The van der Waals surface area contributed by atoms with Crippen molar-refractivity contribution in [3.05, 3.63) is 36.9 Å². The number of hydrogen-bond donors (Lipinski definition) is 1. The second kappa shape index (κ2) is 5.11. The Labute approximate surface area is 94.6 Å². The lowest BCUT2D eigenvalue weighted by Crippen LogP contribution is -2.22. The van der Waals surface area contributed by atoms with E-state index in [4.69, 9.17) is 0 Å². The number of carbonyl (C=O) groups excluding carboxylic acids is 2. The van der Waals surface area contributed by atoms with E-state index in [1.807, 2.05) is 0 Å². The quantitative estimate of drug-likeness (QED) is 0.786. The zero-order valence-electron chi connectivity index (χ0n) is 9.36. The van der Waals surface area contributed by atoms with Crippen LogP contribution in [0.5, 0.6) is 0 Å². The summed E-state index contributed by atoms with van der Waals surface area (Å²) in [5, 5.41) is 2.63. The Bertz CT molecular complexity index is 410. The number of carbonyl (C=O) groups is 2. The van der Waals surface area contributed by atoms with Crippen molar-refractivity contribution in [1.82, 2.24) is 0 Å². The first-order chi connectivity index (χ1) is 7.54. The summed E-state index contributed by atoms with van der Waals surface area (Å²) in [5.41, 5.74) is 1.45. The number of benzene rings is 1. The van der Waals surface area contributed by atoms with Gasteiger partial charge in [0.15, 0.2) is 0 Å². The molecule has 0 unspecified atom stereocenters. The van der Waals surface area contributed by atoms with Crippen LogP contribution < -0.4 is 10.2 Å². The lowest BCUT2D eigenvalue weighted by Gasteiger charge is -2.15. The van der Waals surface area contributed by atoms with Crippen LogP contribution in [0.4, 0.5) is 11.4 Å². The Morgan fingerprint density at radius 1 is 1.31 bits per heavy atom. The van der Waals surface area contributed by atoms with Crippen LogP contribution in [0.3, 0.4) is 0 Å². The first-order valence-corrected chi connectivity index (χ1v) is 4.82. The van der Waals surface area contributed by atoms with Gasteiger partial charge in [-0.2, -0.15) is 0 Å². The summed E-state index contributed by atoms with van der Waals surface area (Å²) in [6, 6.07) is 6.99. The van der Waals surface area contributed by atoms with E-state index in [0.29, 0.717) is 5.69 Å². The van der Waals surface area contributed by atoms with Gasteiger partial charge in [0.2, 0.25) is 11.8 Å². The maximum Gasteiger partial charge on any atom is 0.247 e. The van der Waals surface area contributed by atoms with Gasteiger partial charge >= 0.3 is 0 Å². The molecule has 4 heteroatoms. The van der Waals surface area contributed by atoms with Gasteiger partial charge in [-0.05, 0) is 30.3 Å². The SMILES string of the molecule is C=CC(=O)Nc1ccc(N(C)C(C)=O)cc1. The van der Waals surface area contributed by atoms with Crippen LogP contribution >= 0.6 is 0 Å². The van der Waals surface area contributed by atoms with E-state index < -0.39 is 0 Å². The van der Waals surface area contributed by atoms with Gasteiger partial charge in [-0.3, -0.25) is 9.59 Å². The minimum atomic E-state index is -0.257. The molecule has 0 saturated carbocycles. The Morgan fingerprint density at radius 2 is 1.88 bits per heavy atom. The highest BCUT2D eigenvalue weighted by molar-refractivity contribution is 5.99. The van der Waals surface area contributed by atoms with Gasteiger partial charge in [0.1, 0.15) is 0 Å². The van der Waals surface area contributed by atoms with E-state index in [0.717, 1.165) is 5.69 Å².